The summed E-state index contributed by atoms with van der Waals surface area (Å²) >= 11 is 0. The van der Waals surface area contributed by atoms with E-state index in [1.54, 1.807) is 0 Å². The Morgan fingerprint density at radius 3 is 1.62 bits per heavy atom. The van der Waals surface area contributed by atoms with Gasteiger partial charge in [0.25, 0.3) is 0 Å². The molecule has 0 N–H and O–H groups in total. The first kappa shape index (κ1) is 27.8. The molecule has 0 aliphatic rings. The summed E-state index contributed by atoms with van der Waals surface area (Å²) in [4.78, 5) is 7.24. The van der Waals surface area contributed by atoms with Crippen LogP contribution in [0, 0.1) is 0 Å². The van der Waals surface area contributed by atoms with Crippen LogP contribution >= 0.6 is 0 Å². The predicted octanol–water partition coefficient (Wildman–Crippen LogP) is 12.6. The maximum atomic E-state index is 6.63. The van der Waals surface area contributed by atoms with Crippen LogP contribution in [-0.2, 0) is 0 Å². The molecule has 9 aromatic rings. The lowest BCUT2D eigenvalue weighted by molar-refractivity contribution is 0.623. The number of aromatic nitrogens is 1. The maximum Gasteiger partial charge on any atom is 0.227 e. The molecule has 226 valence electrons. The molecule has 0 atom stereocenters. The van der Waals surface area contributed by atoms with E-state index < -0.39 is 0 Å². The van der Waals surface area contributed by atoms with Gasteiger partial charge in [0, 0.05) is 28.0 Å². The number of oxazole rings is 1. The average Bonchev–Trinajstić information content (AvgIpc) is 3.61. The molecule has 0 aliphatic heterocycles. The zero-order valence-electron chi connectivity index (χ0n) is 26.1. The third-order valence-corrected chi connectivity index (χ3v) is 9.06. The van der Waals surface area contributed by atoms with Crippen molar-refractivity contribution in [1.82, 2.24) is 4.98 Å². The van der Waals surface area contributed by atoms with E-state index in [9.17, 15) is 0 Å². The Morgan fingerprint density at radius 1 is 0.417 bits per heavy atom. The molecule has 1 heterocycles. The van der Waals surface area contributed by atoms with Crippen molar-refractivity contribution in [2.75, 3.05) is 4.90 Å². The number of nitrogens with zero attached hydrogens (tertiary/aromatic N) is 2. The molecule has 8 aromatic carbocycles. The fourth-order valence-electron chi connectivity index (χ4n) is 6.77. The minimum Gasteiger partial charge on any atom is -0.435 e. The molecule has 0 spiro atoms. The fourth-order valence-corrected chi connectivity index (χ4v) is 6.77. The van der Waals surface area contributed by atoms with Crippen LogP contribution in [0.25, 0.3) is 66.4 Å². The highest BCUT2D eigenvalue weighted by atomic mass is 16.3. The van der Waals surface area contributed by atoms with Gasteiger partial charge in [0.2, 0.25) is 5.89 Å². The van der Waals surface area contributed by atoms with Gasteiger partial charge in [-0.05, 0) is 99.1 Å². The first-order valence-corrected chi connectivity index (χ1v) is 16.2. The van der Waals surface area contributed by atoms with Crippen molar-refractivity contribution in [2.45, 2.75) is 0 Å². The minimum atomic E-state index is 0.623. The Labute approximate surface area is 279 Å². The van der Waals surface area contributed by atoms with Crippen molar-refractivity contribution in [2.24, 2.45) is 0 Å². The second-order valence-corrected chi connectivity index (χ2v) is 12.0. The summed E-state index contributed by atoms with van der Waals surface area (Å²) in [6, 6.07) is 64.0. The van der Waals surface area contributed by atoms with Gasteiger partial charge in [0.15, 0.2) is 5.58 Å². The van der Waals surface area contributed by atoms with Crippen molar-refractivity contribution < 1.29 is 4.42 Å². The molecule has 0 saturated heterocycles. The molecular formula is C45H30N2O. The van der Waals surface area contributed by atoms with Crippen molar-refractivity contribution >= 4 is 49.7 Å². The standard InChI is InChI=1S/C45H30N2O/c1-5-13-31(14-6-1)32-21-23-33(24-22-32)40-29-35-25-28-42-44(48-45(46-42)34-15-7-2-8-16-34)43(35)41-30-38(26-27-39(40)41)47(36-17-9-3-10-18-36)37-19-11-4-12-20-37/h1-30H. The molecule has 0 fully saturated rings. The van der Waals surface area contributed by atoms with Gasteiger partial charge in [-0.15, -0.1) is 0 Å². The van der Waals surface area contributed by atoms with Gasteiger partial charge in [0.1, 0.15) is 5.52 Å². The Bertz CT molecular complexity index is 2480. The van der Waals surface area contributed by atoms with Gasteiger partial charge in [-0.1, -0.05) is 121 Å². The maximum absolute atomic E-state index is 6.63. The normalized spacial score (nSPS) is 11.3. The number of fused-ring (bicyclic) bond motifs is 5. The summed E-state index contributed by atoms with van der Waals surface area (Å²) in [5.41, 5.74) is 10.6. The monoisotopic (exact) mass is 614 g/mol. The highest BCUT2D eigenvalue weighted by Crippen LogP contribution is 2.43. The Kier molecular flexibility index (Phi) is 6.80. The third-order valence-electron chi connectivity index (χ3n) is 9.06. The SMILES string of the molecule is c1ccc(-c2ccc(-c3cc4ccc5nc(-c6ccccc6)oc5c4c4cc(N(c5ccccc5)c5ccccc5)ccc34)cc2)cc1. The molecule has 0 unspecified atom stereocenters. The zero-order valence-corrected chi connectivity index (χ0v) is 26.1. The number of hydrogen-bond acceptors (Lipinski definition) is 3. The molecule has 3 heteroatoms. The topological polar surface area (TPSA) is 29.3 Å². The molecular weight excluding hydrogens is 585 g/mol. The number of anilines is 3. The second-order valence-electron chi connectivity index (χ2n) is 12.0. The number of para-hydroxylation sites is 2. The molecule has 0 amide bonds. The van der Waals surface area contributed by atoms with Crippen LogP contribution in [0.1, 0.15) is 0 Å². The average molecular weight is 615 g/mol. The highest BCUT2D eigenvalue weighted by molar-refractivity contribution is 6.22. The number of hydrogen-bond donors (Lipinski definition) is 0. The van der Waals surface area contributed by atoms with Crippen LogP contribution in [0.4, 0.5) is 17.1 Å². The Hall–Kier alpha value is -6.45. The van der Waals surface area contributed by atoms with Crippen LogP contribution in [0.5, 0.6) is 0 Å². The summed E-state index contributed by atoms with van der Waals surface area (Å²) < 4.78 is 6.63. The lowest BCUT2D eigenvalue weighted by atomic mass is 9.91. The summed E-state index contributed by atoms with van der Waals surface area (Å²) in [6.45, 7) is 0. The van der Waals surface area contributed by atoms with Crippen LogP contribution < -0.4 is 4.90 Å². The van der Waals surface area contributed by atoms with E-state index in [4.69, 9.17) is 9.40 Å². The van der Waals surface area contributed by atoms with Crippen LogP contribution in [0.15, 0.2) is 186 Å². The molecule has 0 bridgehead atoms. The molecule has 9 rings (SSSR count). The van der Waals surface area contributed by atoms with Crippen LogP contribution in [-0.4, -0.2) is 4.98 Å². The molecule has 0 radical (unpaired) electrons. The van der Waals surface area contributed by atoms with Crippen molar-refractivity contribution in [3.8, 4) is 33.7 Å². The highest BCUT2D eigenvalue weighted by Gasteiger charge is 2.19. The van der Waals surface area contributed by atoms with E-state index in [1.807, 2.05) is 30.3 Å². The Balaban J connectivity index is 1.30. The lowest BCUT2D eigenvalue weighted by Gasteiger charge is -2.26. The Morgan fingerprint density at radius 2 is 0.979 bits per heavy atom. The number of benzene rings is 8. The van der Waals surface area contributed by atoms with Gasteiger partial charge in [-0.25, -0.2) is 4.98 Å². The van der Waals surface area contributed by atoms with Gasteiger partial charge < -0.3 is 9.32 Å². The van der Waals surface area contributed by atoms with Gasteiger partial charge in [-0.3, -0.25) is 0 Å². The zero-order chi connectivity index (χ0) is 31.9. The lowest BCUT2D eigenvalue weighted by Crippen LogP contribution is -2.09. The molecule has 3 nitrogen and oxygen atoms in total. The van der Waals surface area contributed by atoms with Gasteiger partial charge >= 0.3 is 0 Å². The van der Waals surface area contributed by atoms with E-state index >= 15 is 0 Å². The first-order valence-electron chi connectivity index (χ1n) is 16.2. The molecule has 48 heavy (non-hydrogen) atoms. The van der Waals surface area contributed by atoms with Crippen LogP contribution in [0.3, 0.4) is 0 Å². The quantitative estimate of drug-likeness (QED) is 0.175. The molecule has 0 aliphatic carbocycles. The molecule has 1 aromatic heterocycles. The van der Waals surface area contributed by atoms with Crippen molar-refractivity contribution in [3.63, 3.8) is 0 Å². The summed E-state index contributed by atoms with van der Waals surface area (Å²) in [7, 11) is 0. The van der Waals surface area contributed by atoms with Crippen molar-refractivity contribution in [3.05, 3.63) is 182 Å². The van der Waals surface area contributed by atoms with E-state index in [2.05, 4.69) is 157 Å². The van der Waals surface area contributed by atoms with Crippen molar-refractivity contribution in [1.29, 1.82) is 0 Å². The van der Waals surface area contributed by atoms with Gasteiger partial charge in [0.05, 0.1) is 0 Å². The summed E-state index contributed by atoms with van der Waals surface area (Å²) in [6.07, 6.45) is 0. The van der Waals surface area contributed by atoms with E-state index in [-0.39, 0.29) is 0 Å². The summed E-state index contributed by atoms with van der Waals surface area (Å²) in [5.74, 6) is 0.623. The largest absolute Gasteiger partial charge is 0.435 e. The second kappa shape index (κ2) is 11.7. The molecule has 0 saturated carbocycles. The minimum absolute atomic E-state index is 0.623. The van der Waals surface area contributed by atoms with E-state index in [0.717, 1.165) is 55.3 Å². The van der Waals surface area contributed by atoms with Crippen LogP contribution in [0.2, 0.25) is 0 Å². The number of rotatable bonds is 6. The van der Waals surface area contributed by atoms with E-state index in [0.29, 0.717) is 5.89 Å². The third kappa shape index (κ3) is 4.90. The fraction of sp³-hybridized carbons (Fsp3) is 0. The van der Waals surface area contributed by atoms with E-state index in [1.165, 1.54) is 22.3 Å². The first-order chi connectivity index (χ1) is 23.8. The van der Waals surface area contributed by atoms with Gasteiger partial charge in [-0.2, -0.15) is 0 Å². The predicted molar refractivity (Wildman–Crippen MR) is 200 cm³/mol. The smallest absolute Gasteiger partial charge is 0.227 e. The summed E-state index contributed by atoms with van der Waals surface area (Å²) in [5, 5.41) is 4.44.